The van der Waals surface area contributed by atoms with Gasteiger partial charge in [-0.1, -0.05) is 52.9 Å². The van der Waals surface area contributed by atoms with Crippen LogP contribution in [0.1, 0.15) is 21.5 Å². The minimum atomic E-state index is -0.219. The van der Waals surface area contributed by atoms with Gasteiger partial charge < -0.3 is 0 Å². The number of carbonyl (C=O) groups excluding carboxylic acids is 1. The Morgan fingerprint density at radius 3 is 2.76 bits per heavy atom. The van der Waals surface area contributed by atoms with Crippen LogP contribution in [0.4, 0.5) is 5.13 Å². The molecule has 128 valence electrons. The van der Waals surface area contributed by atoms with Gasteiger partial charge in [-0.05, 0) is 30.9 Å². The summed E-state index contributed by atoms with van der Waals surface area (Å²) in [4.78, 5) is 16.6. The molecular weight excluding hydrogens is 372 g/mol. The second-order valence-electron chi connectivity index (χ2n) is 5.16. The van der Waals surface area contributed by atoms with Crippen LogP contribution in [0.15, 0.2) is 52.0 Å². The summed E-state index contributed by atoms with van der Waals surface area (Å²) in [6.45, 7) is 2.07. The minimum Gasteiger partial charge on any atom is -0.296 e. The van der Waals surface area contributed by atoms with E-state index in [2.05, 4.69) is 51.7 Å². The molecule has 0 fully saturated rings. The fraction of sp³-hybridized carbons (Fsp3) is 0.176. The highest BCUT2D eigenvalue weighted by Gasteiger charge is 2.14. The lowest BCUT2D eigenvalue weighted by atomic mass is 10.2. The van der Waals surface area contributed by atoms with Crippen LogP contribution in [0.5, 0.6) is 0 Å². The number of rotatable bonds is 6. The van der Waals surface area contributed by atoms with Crippen LogP contribution in [0.2, 0.25) is 0 Å². The zero-order valence-electron chi connectivity index (χ0n) is 13.7. The third kappa shape index (κ3) is 4.81. The Labute approximate surface area is 158 Å². The maximum atomic E-state index is 12.4. The molecule has 0 bridgehead atoms. The lowest BCUT2D eigenvalue weighted by Gasteiger charge is -2.04. The van der Waals surface area contributed by atoms with Crippen molar-refractivity contribution in [3.8, 4) is 0 Å². The number of nitrogens with one attached hydrogen (secondary N) is 1. The summed E-state index contributed by atoms with van der Waals surface area (Å²) in [5.41, 5.74) is 3.02. The fourth-order valence-corrected chi connectivity index (χ4v) is 4.29. The molecule has 2 aromatic heterocycles. The normalized spacial score (nSPS) is 10.6. The molecule has 25 heavy (non-hydrogen) atoms. The van der Waals surface area contributed by atoms with E-state index in [1.54, 1.807) is 30.1 Å². The molecule has 0 aliphatic heterocycles. The van der Waals surface area contributed by atoms with Gasteiger partial charge in [0.1, 0.15) is 5.03 Å². The first-order valence-corrected chi connectivity index (χ1v) is 10.5. The summed E-state index contributed by atoms with van der Waals surface area (Å²) in [7, 11) is 0. The number of hydrogen-bond acceptors (Lipinski definition) is 7. The van der Waals surface area contributed by atoms with Gasteiger partial charge in [-0.25, -0.2) is 4.98 Å². The molecule has 3 rings (SSSR count). The monoisotopic (exact) mass is 388 g/mol. The van der Waals surface area contributed by atoms with E-state index in [0.29, 0.717) is 15.7 Å². The van der Waals surface area contributed by atoms with E-state index in [0.717, 1.165) is 10.1 Å². The van der Waals surface area contributed by atoms with E-state index in [4.69, 9.17) is 0 Å². The number of aromatic nitrogens is 3. The molecule has 0 saturated heterocycles. The van der Waals surface area contributed by atoms with Crippen LogP contribution >= 0.6 is 34.9 Å². The highest BCUT2D eigenvalue weighted by molar-refractivity contribution is 8.00. The maximum Gasteiger partial charge on any atom is 0.260 e. The van der Waals surface area contributed by atoms with Crippen LogP contribution in [-0.4, -0.2) is 27.3 Å². The number of pyridine rings is 1. The number of nitrogens with zero attached hydrogens (tertiary/aromatic N) is 3. The first-order chi connectivity index (χ1) is 12.2. The van der Waals surface area contributed by atoms with Crippen LogP contribution < -0.4 is 5.32 Å². The van der Waals surface area contributed by atoms with E-state index >= 15 is 0 Å². The highest BCUT2D eigenvalue weighted by atomic mass is 32.2. The van der Waals surface area contributed by atoms with E-state index in [-0.39, 0.29) is 5.91 Å². The molecule has 3 aromatic rings. The van der Waals surface area contributed by atoms with E-state index in [1.165, 1.54) is 34.2 Å². The van der Waals surface area contributed by atoms with Crippen molar-refractivity contribution in [3.63, 3.8) is 0 Å². The van der Waals surface area contributed by atoms with Crippen molar-refractivity contribution in [1.29, 1.82) is 0 Å². The summed E-state index contributed by atoms with van der Waals surface area (Å²) in [6, 6.07) is 11.9. The summed E-state index contributed by atoms with van der Waals surface area (Å²) >= 11 is 4.42. The molecule has 0 unspecified atom stereocenters. The number of amides is 1. The van der Waals surface area contributed by atoms with Crippen LogP contribution in [0, 0.1) is 6.92 Å². The average Bonchev–Trinajstić information content (AvgIpc) is 3.08. The first-order valence-electron chi connectivity index (χ1n) is 7.48. The Balaban J connectivity index is 1.61. The van der Waals surface area contributed by atoms with Gasteiger partial charge in [0.2, 0.25) is 5.13 Å². The van der Waals surface area contributed by atoms with Crippen LogP contribution in [-0.2, 0) is 5.75 Å². The Morgan fingerprint density at radius 2 is 2.00 bits per heavy atom. The third-order valence-corrected chi connectivity index (χ3v) is 6.07. The van der Waals surface area contributed by atoms with E-state index in [9.17, 15) is 4.79 Å². The number of aryl methyl sites for hydroxylation is 1. The molecule has 2 heterocycles. The second kappa shape index (κ2) is 8.46. The number of anilines is 1. The molecule has 0 radical (unpaired) electrons. The molecule has 1 N–H and O–H groups in total. The lowest BCUT2D eigenvalue weighted by Crippen LogP contribution is -2.13. The number of benzene rings is 1. The van der Waals surface area contributed by atoms with Gasteiger partial charge in [-0.15, -0.1) is 22.0 Å². The predicted octanol–water partition coefficient (Wildman–Crippen LogP) is 4.51. The van der Waals surface area contributed by atoms with Gasteiger partial charge in [0.15, 0.2) is 4.34 Å². The Kier molecular flexibility index (Phi) is 6.06. The standard InChI is InChI=1S/C17H16N4OS3/c1-11-5-7-12(8-6-11)10-24-17-21-20-16(25-17)19-14(22)13-4-3-9-18-15(13)23-2/h3-9H,10H2,1-2H3,(H,19,20,22). The van der Waals surface area contributed by atoms with Crippen molar-refractivity contribution in [3.05, 3.63) is 59.3 Å². The van der Waals surface area contributed by atoms with Crippen molar-refractivity contribution in [2.45, 2.75) is 22.0 Å². The van der Waals surface area contributed by atoms with Crippen LogP contribution in [0.3, 0.4) is 0 Å². The predicted molar refractivity (Wildman–Crippen MR) is 105 cm³/mol. The van der Waals surface area contributed by atoms with Gasteiger partial charge in [-0.3, -0.25) is 10.1 Å². The quantitative estimate of drug-likeness (QED) is 0.495. The Morgan fingerprint density at radius 1 is 1.20 bits per heavy atom. The van der Waals surface area contributed by atoms with Gasteiger partial charge >= 0.3 is 0 Å². The number of thioether (sulfide) groups is 2. The molecular formula is C17H16N4OS3. The SMILES string of the molecule is CSc1ncccc1C(=O)Nc1nnc(SCc2ccc(C)cc2)s1. The molecule has 0 aliphatic carbocycles. The third-order valence-electron chi connectivity index (χ3n) is 3.32. The van der Waals surface area contributed by atoms with Gasteiger partial charge in [0.05, 0.1) is 5.56 Å². The topological polar surface area (TPSA) is 67.8 Å². The highest BCUT2D eigenvalue weighted by Crippen LogP contribution is 2.29. The van der Waals surface area contributed by atoms with Crippen molar-refractivity contribution in [1.82, 2.24) is 15.2 Å². The Hall–Kier alpha value is -1.90. The van der Waals surface area contributed by atoms with Gasteiger partial charge in [0.25, 0.3) is 5.91 Å². The number of hydrogen-bond donors (Lipinski definition) is 1. The zero-order chi connectivity index (χ0) is 17.6. The van der Waals surface area contributed by atoms with Crippen LogP contribution in [0.25, 0.3) is 0 Å². The van der Waals surface area contributed by atoms with Crippen molar-refractivity contribution >= 4 is 45.9 Å². The summed E-state index contributed by atoms with van der Waals surface area (Å²) in [5, 5.41) is 12.2. The average molecular weight is 389 g/mol. The lowest BCUT2D eigenvalue weighted by molar-refractivity contribution is 0.102. The molecule has 0 atom stereocenters. The maximum absolute atomic E-state index is 12.4. The summed E-state index contributed by atoms with van der Waals surface area (Å²) < 4.78 is 0.826. The molecule has 0 saturated carbocycles. The minimum absolute atomic E-state index is 0.219. The molecule has 0 spiro atoms. The second-order valence-corrected chi connectivity index (χ2v) is 8.16. The van der Waals surface area contributed by atoms with Gasteiger partial charge in [-0.2, -0.15) is 0 Å². The molecule has 5 nitrogen and oxygen atoms in total. The molecule has 1 aromatic carbocycles. The van der Waals surface area contributed by atoms with E-state index in [1.807, 2.05) is 6.26 Å². The zero-order valence-corrected chi connectivity index (χ0v) is 16.2. The van der Waals surface area contributed by atoms with Crippen molar-refractivity contribution in [2.75, 3.05) is 11.6 Å². The molecule has 1 amide bonds. The number of carbonyl (C=O) groups is 1. The van der Waals surface area contributed by atoms with Crippen molar-refractivity contribution in [2.24, 2.45) is 0 Å². The largest absolute Gasteiger partial charge is 0.296 e. The summed E-state index contributed by atoms with van der Waals surface area (Å²) in [6.07, 6.45) is 3.57. The molecule has 0 aliphatic rings. The van der Waals surface area contributed by atoms with E-state index < -0.39 is 0 Å². The Bertz CT molecular complexity index is 864. The molecule has 8 heteroatoms. The first kappa shape index (κ1) is 17.9. The summed E-state index contributed by atoms with van der Waals surface area (Å²) in [5.74, 6) is 0.603. The van der Waals surface area contributed by atoms with Gasteiger partial charge in [0, 0.05) is 11.9 Å². The van der Waals surface area contributed by atoms with Crippen molar-refractivity contribution < 1.29 is 4.79 Å². The smallest absolute Gasteiger partial charge is 0.260 e. The fourth-order valence-electron chi connectivity index (χ4n) is 2.04.